The molecule has 3 aromatic rings. The minimum absolute atomic E-state index is 0.182. The third-order valence-electron chi connectivity index (χ3n) is 4.18. The van der Waals surface area contributed by atoms with Crippen molar-refractivity contribution < 1.29 is 14.3 Å². The van der Waals surface area contributed by atoms with Gasteiger partial charge in [0.25, 0.3) is 5.91 Å². The first kappa shape index (κ1) is 20.0. The Bertz CT molecular complexity index is 972. The molecule has 0 aliphatic rings. The highest BCUT2D eigenvalue weighted by atomic mass is 79.9. The molecule has 0 saturated carbocycles. The Kier molecular flexibility index (Phi) is 6.71. The lowest BCUT2D eigenvalue weighted by atomic mass is 10.1. The fraction of sp³-hybridized carbons (Fsp3) is 0.174. The number of nitrogens with one attached hydrogen (secondary N) is 1. The fourth-order valence-electron chi connectivity index (χ4n) is 2.77. The highest BCUT2D eigenvalue weighted by Crippen LogP contribution is 2.25. The van der Waals surface area contributed by atoms with E-state index in [0.29, 0.717) is 18.8 Å². The average Bonchev–Trinajstić information content (AvgIpc) is 2.68. The molecule has 28 heavy (non-hydrogen) atoms. The van der Waals surface area contributed by atoms with Crippen LogP contribution in [0, 0.1) is 6.92 Å². The van der Waals surface area contributed by atoms with E-state index in [-0.39, 0.29) is 5.91 Å². The summed E-state index contributed by atoms with van der Waals surface area (Å²) in [6, 6.07) is 20.7. The van der Waals surface area contributed by atoms with Crippen molar-refractivity contribution in [1.82, 2.24) is 0 Å². The van der Waals surface area contributed by atoms with E-state index in [0.717, 1.165) is 32.8 Å². The summed E-state index contributed by atoms with van der Waals surface area (Å²) in [5.74, 6) is 1.35. The normalized spacial score (nSPS) is 10.4. The van der Waals surface area contributed by atoms with Gasteiger partial charge in [0.05, 0.1) is 6.61 Å². The number of rotatable bonds is 7. The van der Waals surface area contributed by atoms with Gasteiger partial charge in [-0.25, -0.2) is 0 Å². The van der Waals surface area contributed by atoms with Crippen LogP contribution in [0.15, 0.2) is 71.2 Å². The standard InChI is InChI=1S/C23H22BrNO3/c1-3-27-22-12-11-17(23(26)25-20-9-6-8-19(24)14-20)13-18(22)15-28-21-10-5-4-7-16(21)2/h4-14H,3,15H2,1-2H3,(H,25,26). The molecule has 144 valence electrons. The molecule has 0 fully saturated rings. The monoisotopic (exact) mass is 439 g/mol. The Hall–Kier alpha value is -2.79. The molecule has 1 N–H and O–H groups in total. The molecule has 0 atom stereocenters. The maximum absolute atomic E-state index is 12.7. The van der Waals surface area contributed by atoms with Crippen molar-refractivity contribution in [3.8, 4) is 11.5 Å². The van der Waals surface area contributed by atoms with Crippen molar-refractivity contribution >= 4 is 27.5 Å². The lowest BCUT2D eigenvalue weighted by Crippen LogP contribution is -2.13. The van der Waals surface area contributed by atoms with Gasteiger partial charge in [-0.15, -0.1) is 0 Å². The van der Waals surface area contributed by atoms with Gasteiger partial charge in [-0.3, -0.25) is 4.79 Å². The first-order valence-electron chi connectivity index (χ1n) is 9.08. The van der Waals surface area contributed by atoms with Crippen LogP contribution in [0.1, 0.15) is 28.4 Å². The smallest absolute Gasteiger partial charge is 0.255 e. The van der Waals surface area contributed by atoms with Crippen LogP contribution in [0.4, 0.5) is 5.69 Å². The molecular formula is C23H22BrNO3. The number of benzene rings is 3. The Labute approximate surface area is 173 Å². The number of aryl methyl sites for hydroxylation is 1. The predicted octanol–water partition coefficient (Wildman–Crippen LogP) is 5.99. The van der Waals surface area contributed by atoms with E-state index >= 15 is 0 Å². The van der Waals surface area contributed by atoms with Crippen LogP contribution in [0.3, 0.4) is 0 Å². The molecule has 0 radical (unpaired) electrons. The van der Waals surface area contributed by atoms with Crippen LogP contribution >= 0.6 is 15.9 Å². The van der Waals surface area contributed by atoms with E-state index in [2.05, 4.69) is 21.2 Å². The first-order chi connectivity index (χ1) is 13.6. The molecule has 0 saturated heterocycles. The second-order valence-electron chi connectivity index (χ2n) is 6.27. The van der Waals surface area contributed by atoms with Gasteiger partial charge in [0.1, 0.15) is 18.1 Å². The molecule has 0 spiro atoms. The highest BCUT2D eigenvalue weighted by molar-refractivity contribution is 9.10. The highest BCUT2D eigenvalue weighted by Gasteiger charge is 2.12. The summed E-state index contributed by atoms with van der Waals surface area (Å²) in [6.45, 7) is 4.79. The molecular weight excluding hydrogens is 418 g/mol. The van der Waals surface area contributed by atoms with Gasteiger partial charge in [-0.1, -0.05) is 40.2 Å². The van der Waals surface area contributed by atoms with Crippen LogP contribution in [0.2, 0.25) is 0 Å². The molecule has 5 heteroatoms. The summed E-state index contributed by atoms with van der Waals surface area (Å²) in [5.41, 5.74) is 3.16. The molecule has 3 aromatic carbocycles. The molecule has 0 heterocycles. The van der Waals surface area contributed by atoms with E-state index in [1.165, 1.54) is 0 Å². The Balaban J connectivity index is 1.80. The molecule has 0 aliphatic carbocycles. The zero-order valence-corrected chi connectivity index (χ0v) is 17.5. The van der Waals surface area contributed by atoms with Gasteiger partial charge in [-0.05, 0) is 61.9 Å². The number of hydrogen-bond acceptors (Lipinski definition) is 3. The number of ether oxygens (including phenoxy) is 2. The van der Waals surface area contributed by atoms with Crippen LogP contribution < -0.4 is 14.8 Å². The van der Waals surface area contributed by atoms with Crippen LogP contribution in [0.25, 0.3) is 0 Å². The van der Waals surface area contributed by atoms with Crippen molar-refractivity contribution in [2.24, 2.45) is 0 Å². The van der Waals surface area contributed by atoms with Crippen LogP contribution in [-0.4, -0.2) is 12.5 Å². The Morgan fingerprint density at radius 2 is 1.79 bits per heavy atom. The third-order valence-corrected chi connectivity index (χ3v) is 4.68. The largest absolute Gasteiger partial charge is 0.493 e. The quantitative estimate of drug-likeness (QED) is 0.491. The number of anilines is 1. The first-order valence-corrected chi connectivity index (χ1v) is 9.87. The Morgan fingerprint density at radius 1 is 0.964 bits per heavy atom. The molecule has 0 aliphatic heterocycles. The van der Waals surface area contributed by atoms with Crippen LogP contribution in [0.5, 0.6) is 11.5 Å². The molecule has 0 aromatic heterocycles. The molecule has 4 nitrogen and oxygen atoms in total. The average molecular weight is 440 g/mol. The second kappa shape index (κ2) is 9.42. The predicted molar refractivity (Wildman–Crippen MR) is 115 cm³/mol. The van der Waals surface area contributed by atoms with Crippen molar-refractivity contribution in [1.29, 1.82) is 0 Å². The number of para-hydroxylation sites is 1. The second-order valence-corrected chi connectivity index (χ2v) is 7.19. The van der Waals surface area contributed by atoms with Gasteiger partial charge in [0.15, 0.2) is 0 Å². The molecule has 0 unspecified atom stereocenters. The summed E-state index contributed by atoms with van der Waals surface area (Å²) in [5, 5.41) is 2.91. The van der Waals surface area contributed by atoms with Crippen LogP contribution in [-0.2, 0) is 6.61 Å². The van der Waals surface area contributed by atoms with E-state index in [1.54, 1.807) is 6.07 Å². The van der Waals surface area contributed by atoms with Gasteiger partial charge >= 0.3 is 0 Å². The number of amides is 1. The van der Waals surface area contributed by atoms with Crippen molar-refractivity contribution in [2.45, 2.75) is 20.5 Å². The maximum atomic E-state index is 12.7. The lowest BCUT2D eigenvalue weighted by molar-refractivity contribution is 0.102. The van der Waals surface area contributed by atoms with Gasteiger partial charge < -0.3 is 14.8 Å². The van der Waals surface area contributed by atoms with E-state index in [4.69, 9.17) is 9.47 Å². The van der Waals surface area contributed by atoms with Gasteiger partial charge in [0.2, 0.25) is 0 Å². The van der Waals surface area contributed by atoms with E-state index in [1.807, 2.05) is 74.5 Å². The van der Waals surface area contributed by atoms with E-state index < -0.39 is 0 Å². The summed E-state index contributed by atoms with van der Waals surface area (Å²) < 4.78 is 12.6. The summed E-state index contributed by atoms with van der Waals surface area (Å²) in [7, 11) is 0. The fourth-order valence-corrected chi connectivity index (χ4v) is 3.17. The number of carbonyl (C=O) groups is 1. The third kappa shape index (κ3) is 5.14. The topological polar surface area (TPSA) is 47.6 Å². The molecule has 0 bridgehead atoms. The van der Waals surface area contributed by atoms with Crippen molar-refractivity contribution in [3.05, 3.63) is 87.9 Å². The maximum Gasteiger partial charge on any atom is 0.255 e. The Morgan fingerprint density at radius 3 is 2.54 bits per heavy atom. The SMILES string of the molecule is CCOc1ccc(C(=O)Nc2cccc(Br)c2)cc1COc1ccccc1C. The van der Waals surface area contributed by atoms with Gasteiger partial charge in [-0.2, -0.15) is 0 Å². The van der Waals surface area contributed by atoms with Crippen molar-refractivity contribution in [2.75, 3.05) is 11.9 Å². The summed E-state index contributed by atoms with van der Waals surface area (Å²) in [6.07, 6.45) is 0. The van der Waals surface area contributed by atoms with Gasteiger partial charge in [0, 0.05) is 21.3 Å². The van der Waals surface area contributed by atoms with E-state index in [9.17, 15) is 4.79 Å². The zero-order valence-electron chi connectivity index (χ0n) is 15.9. The number of hydrogen-bond donors (Lipinski definition) is 1. The lowest BCUT2D eigenvalue weighted by Gasteiger charge is -2.14. The minimum atomic E-state index is -0.182. The molecule has 3 rings (SSSR count). The summed E-state index contributed by atoms with van der Waals surface area (Å²) >= 11 is 3.41. The summed E-state index contributed by atoms with van der Waals surface area (Å²) in [4.78, 5) is 12.7. The number of carbonyl (C=O) groups excluding carboxylic acids is 1. The molecule has 1 amide bonds. The zero-order chi connectivity index (χ0) is 19.9. The van der Waals surface area contributed by atoms with Crippen molar-refractivity contribution in [3.63, 3.8) is 0 Å². The number of halogens is 1. The minimum Gasteiger partial charge on any atom is -0.493 e.